The second-order valence-electron chi connectivity index (χ2n) is 2.33. The van der Waals surface area contributed by atoms with Crippen LogP contribution >= 0.6 is 0 Å². The van der Waals surface area contributed by atoms with E-state index in [0.29, 0.717) is 0 Å². The third-order valence-corrected chi connectivity index (χ3v) is 1.38. The Hall–Kier alpha value is 0.0762. The first kappa shape index (κ1) is 12.7. The van der Waals surface area contributed by atoms with Gasteiger partial charge in [0.15, 0.2) is 0 Å². The normalized spacial score (nSPS) is 15.0. The minimum absolute atomic E-state index is 0. The van der Waals surface area contributed by atoms with Crippen molar-refractivity contribution in [1.29, 1.82) is 0 Å². The third kappa shape index (κ3) is 3.98. The van der Waals surface area contributed by atoms with Gasteiger partial charge in [-0.05, 0) is 0 Å². The summed E-state index contributed by atoms with van der Waals surface area (Å²) in [5.41, 5.74) is 1.38. The molecule has 0 aromatic heterocycles. The summed E-state index contributed by atoms with van der Waals surface area (Å²) in [5, 5.41) is 0. The van der Waals surface area contributed by atoms with Gasteiger partial charge in [0.25, 0.3) is 0 Å². The van der Waals surface area contributed by atoms with Crippen LogP contribution in [0.4, 0.5) is 0 Å². The zero-order valence-corrected chi connectivity index (χ0v) is 8.14. The van der Waals surface area contributed by atoms with Crippen LogP contribution in [0.1, 0.15) is 20.3 Å². The SMILES string of the molecule is CC1=CC[C-](C)C=C1.[Mg+2].[NH2-]. The second-order valence-corrected chi connectivity index (χ2v) is 2.33. The predicted octanol–water partition coefficient (Wildman–Crippen LogP) is 2.82. The molecule has 2 N–H and O–H groups in total. The summed E-state index contributed by atoms with van der Waals surface area (Å²) in [6.45, 7) is 4.28. The van der Waals surface area contributed by atoms with Gasteiger partial charge in [-0.15, -0.1) is 18.6 Å². The maximum Gasteiger partial charge on any atom is 2.00 e. The zero-order valence-electron chi connectivity index (χ0n) is 6.72. The molecule has 0 saturated heterocycles. The van der Waals surface area contributed by atoms with E-state index >= 15 is 0 Å². The van der Waals surface area contributed by atoms with E-state index in [1.165, 1.54) is 11.5 Å². The van der Waals surface area contributed by atoms with Gasteiger partial charge in [-0.2, -0.15) is 0 Å². The number of hydrogen-bond acceptors (Lipinski definition) is 0. The molecule has 1 rings (SSSR count). The van der Waals surface area contributed by atoms with Gasteiger partial charge in [0, 0.05) is 0 Å². The van der Waals surface area contributed by atoms with E-state index in [4.69, 9.17) is 0 Å². The van der Waals surface area contributed by atoms with E-state index in [0.717, 1.165) is 6.42 Å². The van der Waals surface area contributed by atoms with Crippen LogP contribution in [0.25, 0.3) is 6.15 Å². The van der Waals surface area contributed by atoms with Crippen molar-refractivity contribution < 1.29 is 0 Å². The van der Waals surface area contributed by atoms with E-state index in [-0.39, 0.29) is 29.2 Å². The number of hydrogen-bond donors (Lipinski definition) is 0. The standard InChI is InChI=1S/C8H11.Mg.H2N/c1-7-3-5-8(2)6-4-7;;/h3-5H,6H2,1-2H3;;1H2/q-1;+2;-1. The van der Waals surface area contributed by atoms with Crippen LogP contribution in [0.3, 0.4) is 0 Å². The molecule has 0 bridgehead atoms. The molecule has 0 spiro atoms. The molecule has 0 fully saturated rings. The second kappa shape index (κ2) is 5.83. The summed E-state index contributed by atoms with van der Waals surface area (Å²) >= 11 is 0. The summed E-state index contributed by atoms with van der Waals surface area (Å²) in [4.78, 5) is 0. The first-order chi connectivity index (χ1) is 3.79. The van der Waals surface area contributed by atoms with Gasteiger partial charge in [0.05, 0.1) is 0 Å². The molecule has 0 atom stereocenters. The molecular weight excluding hydrogens is 134 g/mol. The van der Waals surface area contributed by atoms with Gasteiger partial charge in [0.2, 0.25) is 0 Å². The zero-order chi connectivity index (χ0) is 5.98. The van der Waals surface area contributed by atoms with Crippen LogP contribution in [-0.2, 0) is 0 Å². The van der Waals surface area contributed by atoms with Crippen LogP contribution in [0.2, 0.25) is 0 Å². The summed E-state index contributed by atoms with van der Waals surface area (Å²) in [5.74, 6) is 1.45. The molecule has 1 aliphatic carbocycles. The average molecular weight is 148 g/mol. The van der Waals surface area contributed by atoms with E-state index in [2.05, 4.69) is 32.1 Å². The van der Waals surface area contributed by atoms with Crippen molar-refractivity contribution in [2.24, 2.45) is 0 Å². The summed E-state index contributed by atoms with van der Waals surface area (Å²) in [7, 11) is 0. The number of nitrogens with two attached hydrogens (primary N) is 1. The molecule has 1 nitrogen and oxygen atoms in total. The van der Waals surface area contributed by atoms with Crippen molar-refractivity contribution in [2.45, 2.75) is 20.3 Å². The van der Waals surface area contributed by atoms with E-state index in [1.54, 1.807) is 0 Å². The van der Waals surface area contributed by atoms with Crippen LogP contribution in [0.5, 0.6) is 0 Å². The molecule has 0 radical (unpaired) electrons. The molecule has 0 aromatic carbocycles. The summed E-state index contributed by atoms with van der Waals surface area (Å²) in [6.07, 6.45) is 7.71. The molecule has 10 heavy (non-hydrogen) atoms. The Labute approximate surface area is 79.3 Å². The van der Waals surface area contributed by atoms with Crippen LogP contribution < -0.4 is 0 Å². The van der Waals surface area contributed by atoms with Crippen LogP contribution in [0.15, 0.2) is 23.8 Å². The molecule has 0 aliphatic heterocycles. The monoisotopic (exact) mass is 147 g/mol. The molecule has 0 aromatic rings. The largest absolute Gasteiger partial charge is 2.00 e. The smallest absolute Gasteiger partial charge is 0.693 e. The van der Waals surface area contributed by atoms with Crippen LogP contribution in [-0.4, -0.2) is 23.1 Å². The molecule has 0 unspecified atom stereocenters. The minimum Gasteiger partial charge on any atom is -0.693 e. The first-order valence-electron chi connectivity index (χ1n) is 2.96. The van der Waals surface area contributed by atoms with Gasteiger partial charge >= 0.3 is 23.1 Å². The average Bonchev–Trinajstić information content (AvgIpc) is 1.77. The van der Waals surface area contributed by atoms with Crippen molar-refractivity contribution >= 4 is 23.1 Å². The van der Waals surface area contributed by atoms with Crippen molar-refractivity contribution in [1.82, 2.24) is 0 Å². The van der Waals surface area contributed by atoms with Crippen molar-refractivity contribution in [2.75, 3.05) is 0 Å². The molecule has 0 heterocycles. The maximum atomic E-state index is 2.25. The van der Waals surface area contributed by atoms with Gasteiger partial charge in [-0.25, -0.2) is 18.1 Å². The molecule has 1 aliphatic rings. The Kier molecular flexibility index (Phi) is 7.42. The van der Waals surface area contributed by atoms with E-state index < -0.39 is 0 Å². The van der Waals surface area contributed by atoms with Crippen molar-refractivity contribution in [3.8, 4) is 0 Å². The fourth-order valence-electron chi connectivity index (χ4n) is 0.732. The predicted molar refractivity (Wildman–Crippen MR) is 47.5 cm³/mol. The fourth-order valence-corrected chi connectivity index (χ4v) is 0.732. The summed E-state index contributed by atoms with van der Waals surface area (Å²) < 4.78 is 0. The van der Waals surface area contributed by atoms with Gasteiger partial charge in [-0.3, -0.25) is 0 Å². The van der Waals surface area contributed by atoms with E-state index in [1.807, 2.05) is 0 Å². The minimum atomic E-state index is 0. The van der Waals surface area contributed by atoms with Gasteiger partial charge < -0.3 is 6.15 Å². The first-order valence-corrected chi connectivity index (χ1v) is 2.96. The molecule has 2 heteroatoms. The Morgan fingerprint density at radius 2 is 2.10 bits per heavy atom. The maximum absolute atomic E-state index is 2.25. The molecule has 0 amide bonds. The van der Waals surface area contributed by atoms with E-state index in [9.17, 15) is 0 Å². The molecule has 0 saturated carbocycles. The fraction of sp³-hybridized carbons (Fsp3) is 0.375. The quantitative estimate of drug-likeness (QED) is 0.373. The number of rotatable bonds is 0. The van der Waals surface area contributed by atoms with Crippen LogP contribution in [0, 0.1) is 5.92 Å². The van der Waals surface area contributed by atoms with Crippen molar-refractivity contribution in [3.63, 3.8) is 0 Å². The Morgan fingerprint density at radius 1 is 1.50 bits per heavy atom. The number of allylic oxidation sites excluding steroid dienone is 4. The van der Waals surface area contributed by atoms with Gasteiger partial charge in [-0.1, -0.05) is 13.3 Å². The Morgan fingerprint density at radius 3 is 2.40 bits per heavy atom. The van der Waals surface area contributed by atoms with Crippen molar-refractivity contribution in [3.05, 3.63) is 35.9 Å². The van der Waals surface area contributed by atoms with Gasteiger partial charge in [0.1, 0.15) is 0 Å². The summed E-state index contributed by atoms with van der Waals surface area (Å²) in [6, 6.07) is 0. The Balaban J connectivity index is 0. The third-order valence-electron chi connectivity index (χ3n) is 1.38. The topological polar surface area (TPSA) is 33.5 Å². The molecule has 52 valence electrons. The molecular formula is C8H13MgN. The Bertz CT molecular complexity index is 138.